The zero-order valence-corrected chi connectivity index (χ0v) is 20.3. The maximum Gasteiger partial charge on any atom is 0.529 e. The minimum absolute atomic E-state index is 0.734. The average molecular weight is 413 g/mol. The largest absolute Gasteiger partial charge is 0.529 e. The highest BCUT2D eigenvalue weighted by Crippen LogP contribution is 2.17. The van der Waals surface area contributed by atoms with Gasteiger partial charge in [-0.25, -0.2) is 0 Å². The second kappa shape index (κ2) is 21.3. The Morgan fingerprint density at radius 1 is 0.536 bits per heavy atom. The summed E-state index contributed by atoms with van der Waals surface area (Å²) in [6, 6.07) is 0. The predicted octanol–water partition coefficient (Wildman–Crippen LogP) is 7.78. The molecule has 0 aliphatic rings. The SMILES string of the molecule is CCC=CC=C[Si](OCCCCCC)(OCCCCCC)OCCCCCC. The first-order valence-electron chi connectivity index (χ1n) is 12.0. The zero-order valence-electron chi connectivity index (χ0n) is 19.3. The molecule has 0 unspecified atom stereocenters. The van der Waals surface area contributed by atoms with E-state index in [9.17, 15) is 0 Å². The van der Waals surface area contributed by atoms with Gasteiger partial charge in [-0.3, -0.25) is 0 Å². The first-order valence-corrected chi connectivity index (χ1v) is 13.8. The van der Waals surface area contributed by atoms with E-state index >= 15 is 0 Å². The molecule has 0 amide bonds. The second-order valence-electron chi connectivity index (χ2n) is 7.53. The third-order valence-electron chi connectivity index (χ3n) is 4.69. The zero-order chi connectivity index (χ0) is 20.8. The quantitative estimate of drug-likeness (QED) is 0.109. The fourth-order valence-corrected chi connectivity index (χ4v) is 5.06. The van der Waals surface area contributed by atoms with Gasteiger partial charge in [-0.1, -0.05) is 104 Å². The Morgan fingerprint density at radius 2 is 0.964 bits per heavy atom. The van der Waals surface area contributed by atoms with Crippen LogP contribution in [0.25, 0.3) is 0 Å². The normalized spacial score (nSPS) is 12.6. The lowest BCUT2D eigenvalue weighted by Crippen LogP contribution is -2.45. The van der Waals surface area contributed by atoms with Gasteiger partial charge in [0, 0.05) is 19.8 Å². The van der Waals surface area contributed by atoms with Crippen molar-refractivity contribution in [1.82, 2.24) is 0 Å². The van der Waals surface area contributed by atoms with Crippen LogP contribution in [-0.4, -0.2) is 28.6 Å². The molecule has 0 saturated carbocycles. The third-order valence-corrected chi connectivity index (χ3v) is 7.11. The van der Waals surface area contributed by atoms with Gasteiger partial charge in [-0.05, 0) is 31.4 Å². The summed E-state index contributed by atoms with van der Waals surface area (Å²) < 4.78 is 19.0. The third kappa shape index (κ3) is 16.5. The van der Waals surface area contributed by atoms with Crippen LogP contribution in [0.15, 0.2) is 23.9 Å². The van der Waals surface area contributed by atoms with E-state index in [1.54, 1.807) is 0 Å². The van der Waals surface area contributed by atoms with Gasteiger partial charge in [0.15, 0.2) is 0 Å². The molecular formula is C24H48O3Si. The summed E-state index contributed by atoms with van der Waals surface area (Å²) in [5.41, 5.74) is 2.10. The van der Waals surface area contributed by atoms with Crippen molar-refractivity contribution in [2.45, 2.75) is 111 Å². The molecule has 0 heterocycles. The van der Waals surface area contributed by atoms with Gasteiger partial charge in [0.05, 0.1) is 0 Å². The Balaban J connectivity index is 4.86. The predicted molar refractivity (Wildman–Crippen MR) is 125 cm³/mol. The van der Waals surface area contributed by atoms with Crippen LogP contribution >= 0.6 is 0 Å². The van der Waals surface area contributed by atoms with Gasteiger partial charge in [0.25, 0.3) is 0 Å². The van der Waals surface area contributed by atoms with E-state index < -0.39 is 8.80 Å². The molecule has 0 bridgehead atoms. The highest BCUT2D eigenvalue weighted by Gasteiger charge is 2.38. The van der Waals surface area contributed by atoms with Crippen molar-refractivity contribution in [2.75, 3.05) is 19.8 Å². The van der Waals surface area contributed by atoms with Crippen LogP contribution in [0, 0.1) is 0 Å². The van der Waals surface area contributed by atoms with Crippen LogP contribution in [0.1, 0.15) is 111 Å². The maximum absolute atomic E-state index is 6.34. The first-order chi connectivity index (χ1) is 13.7. The van der Waals surface area contributed by atoms with E-state index in [1.807, 2.05) is 0 Å². The van der Waals surface area contributed by atoms with Crippen molar-refractivity contribution in [3.63, 3.8) is 0 Å². The Bertz CT molecular complexity index is 333. The molecule has 0 aliphatic carbocycles. The minimum atomic E-state index is -2.76. The smallest absolute Gasteiger partial charge is 0.370 e. The van der Waals surface area contributed by atoms with Gasteiger partial charge in [0.1, 0.15) is 0 Å². The van der Waals surface area contributed by atoms with Gasteiger partial charge in [-0.15, -0.1) is 0 Å². The Kier molecular flexibility index (Phi) is 21.0. The summed E-state index contributed by atoms with van der Waals surface area (Å²) in [6.45, 7) is 11.1. The van der Waals surface area contributed by atoms with Crippen LogP contribution in [0.2, 0.25) is 0 Å². The lowest BCUT2D eigenvalue weighted by molar-refractivity contribution is 0.0673. The summed E-state index contributed by atoms with van der Waals surface area (Å²) >= 11 is 0. The second-order valence-corrected chi connectivity index (χ2v) is 9.93. The fraction of sp³-hybridized carbons (Fsp3) is 0.833. The number of allylic oxidation sites excluding steroid dienone is 3. The molecule has 0 aromatic heterocycles. The molecule has 166 valence electrons. The standard InChI is InChI=1S/C24H48O3Si/c1-5-9-13-17-21-25-28(24-20-16-12-8-4,26-22-18-14-10-6-2)27-23-19-15-11-7-3/h12,16,20,24H,5-11,13-15,17-19,21-23H2,1-4H3. The molecule has 0 aromatic carbocycles. The molecule has 0 rings (SSSR count). The maximum atomic E-state index is 6.34. The summed E-state index contributed by atoms with van der Waals surface area (Å²) in [7, 11) is -2.76. The molecule has 0 saturated heterocycles. The van der Waals surface area contributed by atoms with Crippen molar-refractivity contribution < 1.29 is 13.3 Å². The van der Waals surface area contributed by atoms with Crippen LogP contribution in [0.3, 0.4) is 0 Å². The van der Waals surface area contributed by atoms with E-state index in [0.29, 0.717) is 0 Å². The number of hydrogen-bond donors (Lipinski definition) is 0. The van der Waals surface area contributed by atoms with Crippen LogP contribution in [0.5, 0.6) is 0 Å². The summed E-state index contributed by atoms with van der Waals surface area (Å²) in [6.07, 6.45) is 21.8. The molecule has 3 nitrogen and oxygen atoms in total. The van der Waals surface area contributed by atoms with E-state index in [-0.39, 0.29) is 0 Å². The molecule has 0 radical (unpaired) electrons. The van der Waals surface area contributed by atoms with E-state index in [4.69, 9.17) is 13.3 Å². The highest BCUT2D eigenvalue weighted by atomic mass is 28.4. The molecule has 0 spiro atoms. The monoisotopic (exact) mass is 412 g/mol. The van der Waals surface area contributed by atoms with Crippen molar-refractivity contribution in [3.05, 3.63) is 23.9 Å². The van der Waals surface area contributed by atoms with Crippen molar-refractivity contribution >= 4 is 8.80 Å². The van der Waals surface area contributed by atoms with E-state index in [1.165, 1.54) is 57.8 Å². The minimum Gasteiger partial charge on any atom is -0.370 e. The summed E-state index contributed by atoms with van der Waals surface area (Å²) in [4.78, 5) is 0. The van der Waals surface area contributed by atoms with Gasteiger partial charge >= 0.3 is 8.80 Å². The summed E-state index contributed by atoms with van der Waals surface area (Å²) in [5.74, 6) is 0. The summed E-state index contributed by atoms with van der Waals surface area (Å²) in [5, 5.41) is 0. The molecule has 28 heavy (non-hydrogen) atoms. The van der Waals surface area contributed by atoms with Crippen molar-refractivity contribution in [3.8, 4) is 0 Å². The molecule has 0 atom stereocenters. The number of unbranched alkanes of at least 4 members (excludes halogenated alkanes) is 9. The highest BCUT2D eigenvalue weighted by molar-refractivity contribution is 6.66. The molecule has 0 fully saturated rings. The molecular weight excluding hydrogens is 364 g/mol. The van der Waals surface area contributed by atoms with Crippen molar-refractivity contribution in [2.24, 2.45) is 0 Å². The van der Waals surface area contributed by atoms with Crippen LogP contribution in [0.4, 0.5) is 0 Å². The van der Waals surface area contributed by atoms with Crippen LogP contribution < -0.4 is 0 Å². The molecule has 0 aliphatic heterocycles. The van der Waals surface area contributed by atoms with Gasteiger partial charge < -0.3 is 13.3 Å². The topological polar surface area (TPSA) is 27.7 Å². The van der Waals surface area contributed by atoms with Crippen LogP contribution in [-0.2, 0) is 13.3 Å². The first kappa shape index (κ1) is 27.6. The lowest BCUT2D eigenvalue weighted by atomic mass is 10.2. The van der Waals surface area contributed by atoms with Crippen molar-refractivity contribution in [1.29, 1.82) is 0 Å². The Hall–Kier alpha value is -0.423. The lowest BCUT2D eigenvalue weighted by Gasteiger charge is -2.27. The van der Waals surface area contributed by atoms with E-state index in [0.717, 1.165) is 45.5 Å². The molecule has 4 heteroatoms. The molecule has 0 N–H and O–H groups in total. The fourth-order valence-electron chi connectivity index (χ4n) is 2.89. The van der Waals surface area contributed by atoms with Gasteiger partial charge in [0.2, 0.25) is 0 Å². The Labute approximate surface area is 177 Å². The number of rotatable bonds is 21. The number of hydrogen-bond acceptors (Lipinski definition) is 3. The van der Waals surface area contributed by atoms with E-state index in [2.05, 4.69) is 51.6 Å². The average Bonchev–Trinajstić information content (AvgIpc) is 2.70. The van der Waals surface area contributed by atoms with Gasteiger partial charge in [-0.2, -0.15) is 0 Å². The Morgan fingerprint density at radius 3 is 1.32 bits per heavy atom. The molecule has 0 aromatic rings.